The summed E-state index contributed by atoms with van der Waals surface area (Å²) in [5, 5.41) is 0. The van der Waals surface area contributed by atoms with Crippen molar-refractivity contribution in [2.45, 2.75) is 13.1 Å². The normalized spacial score (nSPS) is 11.6. The minimum Gasteiger partial charge on any atom is -0.361 e. The first-order valence-corrected chi connectivity index (χ1v) is 5.26. The quantitative estimate of drug-likeness (QED) is 0.766. The van der Waals surface area contributed by atoms with E-state index in [1.807, 2.05) is 0 Å². The molecule has 1 aromatic rings. The molecule has 0 radical (unpaired) electrons. The summed E-state index contributed by atoms with van der Waals surface area (Å²) in [7, 11) is 0. The average molecular weight is 253 g/mol. The van der Waals surface area contributed by atoms with E-state index in [-0.39, 0.29) is 12.4 Å². The van der Waals surface area contributed by atoms with E-state index in [0.717, 1.165) is 0 Å². The minimum atomic E-state index is -4.23. The van der Waals surface area contributed by atoms with Gasteiger partial charge in [0.1, 0.15) is 6.54 Å². The van der Waals surface area contributed by atoms with Gasteiger partial charge in [-0.25, -0.2) is 0 Å². The summed E-state index contributed by atoms with van der Waals surface area (Å²) in [5.74, 6) is 0.150. The Morgan fingerprint density at radius 3 is 2.62 bits per heavy atom. The Bertz CT molecular complexity index is 341. The molecule has 16 heavy (non-hydrogen) atoms. The first-order valence-electron chi connectivity index (χ1n) is 4.72. The van der Waals surface area contributed by atoms with Crippen molar-refractivity contribution in [3.05, 3.63) is 24.0 Å². The zero-order valence-electron chi connectivity index (χ0n) is 8.76. The molecule has 0 saturated heterocycles. The highest BCUT2D eigenvalue weighted by atomic mass is 35.5. The monoisotopic (exact) mass is 252 g/mol. The molecule has 90 valence electrons. The summed E-state index contributed by atoms with van der Waals surface area (Å²) in [5.41, 5.74) is 1.17. The Balaban J connectivity index is 2.85. The van der Waals surface area contributed by atoms with Crippen LogP contribution in [0.1, 0.15) is 5.69 Å². The molecule has 0 fully saturated rings. The number of anilines is 1. The van der Waals surface area contributed by atoms with Crippen LogP contribution in [0.5, 0.6) is 0 Å². The van der Waals surface area contributed by atoms with E-state index < -0.39 is 12.7 Å². The maximum Gasteiger partial charge on any atom is 0.405 e. The maximum atomic E-state index is 12.3. The second-order valence-corrected chi connectivity index (χ2v) is 3.76. The van der Waals surface area contributed by atoms with Gasteiger partial charge in [0.25, 0.3) is 0 Å². The van der Waals surface area contributed by atoms with Crippen LogP contribution in [-0.4, -0.2) is 30.1 Å². The lowest BCUT2D eigenvalue weighted by molar-refractivity contribution is -0.119. The molecule has 1 rings (SSSR count). The number of hydrogen-bond donors (Lipinski definition) is 0. The highest BCUT2D eigenvalue weighted by molar-refractivity contribution is 6.18. The van der Waals surface area contributed by atoms with E-state index in [0.29, 0.717) is 11.4 Å². The van der Waals surface area contributed by atoms with E-state index in [1.54, 1.807) is 19.1 Å². The van der Waals surface area contributed by atoms with Gasteiger partial charge in [0.2, 0.25) is 0 Å². The molecule has 0 spiro atoms. The van der Waals surface area contributed by atoms with Crippen LogP contribution in [0.3, 0.4) is 0 Å². The lowest BCUT2D eigenvalue weighted by Gasteiger charge is -2.25. The van der Waals surface area contributed by atoms with Crippen LogP contribution in [0.4, 0.5) is 18.9 Å². The third kappa shape index (κ3) is 4.26. The Hall–Kier alpha value is -0.970. The Morgan fingerprint density at radius 1 is 1.44 bits per heavy atom. The molecular formula is C10H12ClF3N2. The standard InChI is InChI=1S/C10H12ClF3N2/c1-8-6-9(2-4-15-8)16(5-3-11)7-10(12,13)14/h2,4,6H,3,5,7H2,1H3. The summed E-state index contributed by atoms with van der Waals surface area (Å²) in [6, 6.07) is 3.16. The van der Waals surface area contributed by atoms with Crippen molar-refractivity contribution in [3.8, 4) is 0 Å². The molecule has 6 heteroatoms. The Morgan fingerprint density at radius 2 is 2.12 bits per heavy atom. The number of aryl methyl sites for hydroxylation is 1. The second kappa shape index (κ2) is 5.39. The molecule has 1 heterocycles. The number of pyridine rings is 1. The van der Waals surface area contributed by atoms with Crippen molar-refractivity contribution in [2.24, 2.45) is 0 Å². The average Bonchev–Trinajstić information content (AvgIpc) is 2.15. The van der Waals surface area contributed by atoms with Gasteiger partial charge < -0.3 is 4.90 Å². The fraction of sp³-hybridized carbons (Fsp3) is 0.500. The zero-order valence-corrected chi connectivity index (χ0v) is 9.52. The number of hydrogen-bond acceptors (Lipinski definition) is 2. The fourth-order valence-electron chi connectivity index (χ4n) is 1.35. The molecule has 0 aliphatic heterocycles. The fourth-order valence-corrected chi connectivity index (χ4v) is 1.55. The van der Waals surface area contributed by atoms with Gasteiger partial charge in [-0.2, -0.15) is 13.2 Å². The van der Waals surface area contributed by atoms with Gasteiger partial charge in [-0.3, -0.25) is 4.98 Å². The van der Waals surface area contributed by atoms with Crippen LogP contribution in [0, 0.1) is 6.92 Å². The van der Waals surface area contributed by atoms with Gasteiger partial charge in [-0.1, -0.05) is 0 Å². The van der Waals surface area contributed by atoms with Crippen molar-refractivity contribution in [2.75, 3.05) is 23.9 Å². The first-order chi connectivity index (χ1) is 7.42. The van der Waals surface area contributed by atoms with Gasteiger partial charge in [-0.15, -0.1) is 11.6 Å². The largest absolute Gasteiger partial charge is 0.405 e. The van der Waals surface area contributed by atoms with Crippen molar-refractivity contribution in [1.29, 1.82) is 0 Å². The molecule has 0 unspecified atom stereocenters. The van der Waals surface area contributed by atoms with Crippen molar-refractivity contribution >= 4 is 17.3 Å². The molecule has 0 N–H and O–H groups in total. The summed E-state index contributed by atoms with van der Waals surface area (Å²) >= 11 is 5.49. The van der Waals surface area contributed by atoms with Crippen LogP contribution in [0.2, 0.25) is 0 Å². The van der Waals surface area contributed by atoms with E-state index in [2.05, 4.69) is 4.98 Å². The summed E-state index contributed by atoms with van der Waals surface area (Å²) < 4.78 is 36.9. The zero-order chi connectivity index (χ0) is 12.2. The van der Waals surface area contributed by atoms with Gasteiger partial charge in [0.05, 0.1) is 0 Å². The van der Waals surface area contributed by atoms with Crippen LogP contribution in [-0.2, 0) is 0 Å². The molecule has 2 nitrogen and oxygen atoms in total. The Labute approximate surface area is 97.0 Å². The molecular weight excluding hydrogens is 241 g/mol. The first kappa shape index (κ1) is 13.1. The molecule has 1 aromatic heterocycles. The van der Waals surface area contributed by atoms with E-state index >= 15 is 0 Å². The highest BCUT2D eigenvalue weighted by Crippen LogP contribution is 2.22. The SMILES string of the molecule is Cc1cc(N(CCCl)CC(F)(F)F)ccn1. The third-order valence-corrected chi connectivity index (χ3v) is 2.14. The maximum absolute atomic E-state index is 12.3. The molecule has 0 aliphatic carbocycles. The lowest BCUT2D eigenvalue weighted by atomic mass is 10.3. The minimum absolute atomic E-state index is 0.150. The van der Waals surface area contributed by atoms with Crippen molar-refractivity contribution in [1.82, 2.24) is 4.98 Å². The molecule has 0 saturated carbocycles. The van der Waals surface area contributed by atoms with Crippen LogP contribution in [0.25, 0.3) is 0 Å². The van der Waals surface area contributed by atoms with Crippen LogP contribution < -0.4 is 4.90 Å². The molecule has 0 aliphatic rings. The number of rotatable bonds is 4. The third-order valence-electron chi connectivity index (χ3n) is 1.97. The van der Waals surface area contributed by atoms with Gasteiger partial charge >= 0.3 is 6.18 Å². The molecule has 0 aromatic carbocycles. The van der Waals surface area contributed by atoms with Crippen LogP contribution >= 0.6 is 11.6 Å². The number of halogens is 4. The predicted octanol–water partition coefficient (Wildman–Crippen LogP) is 3.00. The number of alkyl halides is 4. The molecule has 0 atom stereocenters. The molecule has 0 bridgehead atoms. The smallest absolute Gasteiger partial charge is 0.361 e. The van der Waals surface area contributed by atoms with Gasteiger partial charge in [-0.05, 0) is 19.1 Å². The van der Waals surface area contributed by atoms with Crippen molar-refractivity contribution in [3.63, 3.8) is 0 Å². The van der Waals surface area contributed by atoms with Gasteiger partial charge in [0, 0.05) is 30.0 Å². The lowest BCUT2D eigenvalue weighted by Crippen LogP contribution is -2.35. The van der Waals surface area contributed by atoms with E-state index in [4.69, 9.17) is 11.6 Å². The number of nitrogens with zero attached hydrogens (tertiary/aromatic N) is 2. The van der Waals surface area contributed by atoms with E-state index in [9.17, 15) is 13.2 Å². The number of aromatic nitrogens is 1. The van der Waals surface area contributed by atoms with Gasteiger partial charge in [0.15, 0.2) is 0 Å². The predicted molar refractivity (Wildman–Crippen MR) is 58.0 cm³/mol. The van der Waals surface area contributed by atoms with E-state index in [1.165, 1.54) is 11.1 Å². The highest BCUT2D eigenvalue weighted by Gasteiger charge is 2.30. The second-order valence-electron chi connectivity index (χ2n) is 3.38. The summed E-state index contributed by atoms with van der Waals surface area (Å²) in [6.07, 6.45) is -2.74. The topological polar surface area (TPSA) is 16.1 Å². The van der Waals surface area contributed by atoms with Crippen LogP contribution in [0.15, 0.2) is 18.3 Å². The Kier molecular flexibility index (Phi) is 4.41. The summed E-state index contributed by atoms with van der Waals surface area (Å²) in [4.78, 5) is 5.13. The summed E-state index contributed by atoms with van der Waals surface area (Å²) in [6.45, 7) is 0.893. The van der Waals surface area contributed by atoms with Crippen molar-refractivity contribution < 1.29 is 13.2 Å². The molecule has 0 amide bonds.